The molecule has 2 aromatic rings. The van der Waals surface area contributed by atoms with E-state index in [1.54, 1.807) is 10.9 Å². The molecule has 6 heteroatoms. The van der Waals surface area contributed by atoms with Crippen molar-refractivity contribution in [3.63, 3.8) is 0 Å². The first-order chi connectivity index (χ1) is 8.66. The molecule has 2 rings (SSSR count). The molecular weight excluding hydrogens is 228 g/mol. The normalized spacial score (nSPS) is 10.9. The van der Waals surface area contributed by atoms with Gasteiger partial charge in [-0.3, -0.25) is 4.98 Å². The highest BCUT2D eigenvalue weighted by molar-refractivity contribution is 5.29. The molecule has 0 radical (unpaired) electrons. The third-order valence-corrected chi connectivity index (χ3v) is 2.55. The summed E-state index contributed by atoms with van der Waals surface area (Å²) in [7, 11) is 1.85. The van der Waals surface area contributed by atoms with E-state index in [1.807, 2.05) is 25.2 Å². The molecule has 18 heavy (non-hydrogen) atoms. The van der Waals surface area contributed by atoms with Crippen molar-refractivity contribution in [2.45, 2.75) is 20.4 Å². The van der Waals surface area contributed by atoms with Gasteiger partial charge in [-0.15, -0.1) is 0 Å². The van der Waals surface area contributed by atoms with Gasteiger partial charge in [0.15, 0.2) is 0 Å². The topological polar surface area (TPSA) is 59.7 Å². The molecule has 0 atom stereocenters. The summed E-state index contributed by atoms with van der Waals surface area (Å²) in [6.07, 6.45) is 1.80. The summed E-state index contributed by atoms with van der Waals surface area (Å²) >= 11 is 0. The molecule has 6 nitrogen and oxygen atoms in total. The quantitative estimate of drug-likeness (QED) is 0.795. The van der Waals surface area contributed by atoms with Crippen LogP contribution in [0.2, 0.25) is 0 Å². The molecule has 0 unspecified atom stereocenters. The average molecular weight is 246 g/mol. The van der Waals surface area contributed by atoms with Crippen LogP contribution < -0.4 is 4.90 Å². The van der Waals surface area contributed by atoms with E-state index in [1.165, 1.54) is 0 Å². The molecule has 0 aromatic carbocycles. The minimum atomic E-state index is 0.533. The summed E-state index contributed by atoms with van der Waals surface area (Å²) < 4.78 is 1.69. The maximum Gasteiger partial charge on any atom is 0.245 e. The van der Waals surface area contributed by atoms with Crippen molar-refractivity contribution in [3.8, 4) is 0 Å². The van der Waals surface area contributed by atoms with Gasteiger partial charge in [0.05, 0.1) is 12.2 Å². The van der Waals surface area contributed by atoms with Crippen LogP contribution >= 0.6 is 0 Å². The Morgan fingerprint density at radius 1 is 1.33 bits per heavy atom. The van der Waals surface area contributed by atoms with Gasteiger partial charge in [0, 0.05) is 19.8 Å². The van der Waals surface area contributed by atoms with E-state index in [9.17, 15) is 0 Å². The van der Waals surface area contributed by atoms with Crippen molar-refractivity contribution in [1.29, 1.82) is 0 Å². The average Bonchev–Trinajstić information content (AvgIpc) is 2.75. The monoisotopic (exact) mass is 246 g/mol. The van der Waals surface area contributed by atoms with Crippen molar-refractivity contribution in [1.82, 2.24) is 25.2 Å². The third-order valence-electron chi connectivity index (χ3n) is 2.55. The molecule has 0 aliphatic carbocycles. The molecular formula is C12H18N6. The van der Waals surface area contributed by atoms with Crippen LogP contribution in [0.25, 0.3) is 0 Å². The van der Waals surface area contributed by atoms with Crippen LogP contribution in [0.1, 0.15) is 19.5 Å². The SMILES string of the molecule is CC(C)CN(Cc1ccccn1)c1nnnn1C. The summed E-state index contributed by atoms with van der Waals surface area (Å²) in [5.74, 6) is 1.31. The summed E-state index contributed by atoms with van der Waals surface area (Å²) in [6, 6.07) is 5.92. The molecule has 0 saturated heterocycles. The van der Waals surface area contributed by atoms with E-state index in [-0.39, 0.29) is 0 Å². The predicted molar refractivity (Wildman–Crippen MR) is 68.9 cm³/mol. The Morgan fingerprint density at radius 2 is 2.17 bits per heavy atom. The number of tetrazole rings is 1. The lowest BCUT2D eigenvalue weighted by atomic mass is 10.2. The summed E-state index contributed by atoms with van der Waals surface area (Å²) in [4.78, 5) is 6.49. The largest absolute Gasteiger partial charge is 0.334 e. The second-order valence-corrected chi connectivity index (χ2v) is 4.70. The molecule has 0 aliphatic rings. The highest BCUT2D eigenvalue weighted by atomic mass is 15.6. The van der Waals surface area contributed by atoms with Gasteiger partial charge in [-0.25, -0.2) is 4.68 Å². The molecule has 0 aliphatic heterocycles. The maximum absolute atomic E-state index is 4.35. The number of aromatic nitrogens is 5. The zero-order valence-electron chi connectivity index (χ0n) is 11.0. The van der Waals surface area contributed by atoms with Crippen LogP contribution in [0.15, 0.2) is 24.4 Å². The Kier molecular flexibility index (Phi) is 3.86. The van der Waals surface area contributed by atoms with Crippen LogP contribution in [0, 0.1) is 5.92 Å². The van der Waals surface area contributed by atoms with Gasteiger partial charge in [-0.05, 0) is 28.5 Å². The lowest BCUT2D eigenvalue weighted by Crippen LogP contribution is -2.30. The Bertz CT molecular complexity index is 478. The number of nitrogens with zero attached hydrogens (tertiary/aromatic N) is 6. The minimum absolute atomic E-state index is 0.533. The Labute approximate surface area is 107 Å². The summed E-state index contributed by atoms with van der Waals surface area (Å²) in [5, 5.41) is 11.6. The zero-order chi connectivity index (χ0) is 13.0. The van der Waals surface area contributed by atoms with Crippen molar-refractivity contribution in [3.05, 3.63) is 30.1 Å². The van der Waals surface area contributed by atoms with Crippen molar-refractivity contribution in [2.24, 2.45) is 13.0 Å². The lowest BCUT2D eigenvalue weighted by molar-refractivity contribution is 0.581. The van der Waals surface area contributed by atoms with E-state index in [4.69, 9.17) is 0 Å². The van der Waals surface area contributed by atoms with E-state index < -0.39 is 0 Å². The third kappa shape index (κ3) is 3.03. The number of rotatable bonds is 5. The molecule has 0 amide bonds. The first-order valence-corrected chi connectivity index (χ1v) is 6.04. The molecule has 96 valence electrons. The molecule has 0 saturated carbocycles. The minimum Gasteiger partial charge on any atom is -0.334 e. The molecule has 2 aromatic heterocycles. The number of aryl methyl sites for hydroxylation is 1. The van der Waals surface area contributed by atoms with Crippen molar-refractivity contribution in [2.75, 3.05) is 11.4 Å². The standard InChI is InChI=1S/C12H18N6/c1-10(2)8-18(12-14-15-16-17(12)3)9-11-6-4-5-7-13-11/h4-7,10H,8-9H2,1-3H3. The van der Waals surface area contributed by atoms with E-state index in [0.717, 1.165) is 18.2 Å². The first kappa shape index (κ1) is 12.5. The fourth-order valence-electron chi connectivity index (χ4n) is 1.84. The fraction of sp³-hybridized carbons (Fsp3) is 0.500. The molecule has 2 heterocycles. The van der Waals surface area contributed by atoms with Crippen molar-refractivity contribution >= 4 is 5.95 Å². The number of pyridine rings is 1. The maximum atomic E-state index is 4.35. The second-order valence-electron chi connectivity index (χ2n) is 4.70. The predicted octanol–water partition coefficient (Wildman–Crippen LogP) is 1.27. The van der Waals surface area contributed by atoms with Gasteiger partial charge in [0.1, 0.15) is 0 Å². The van der Waals surface area contributed by atoms with Gasteiger partial charge in [-0.2, -0.15) is 0 Å². The van der Waals surface area contributed by atoms with Crippen molar-refractivity contribution < 1.29 is 0 Å². The van der Waals surface area contributed by atoms with E-state index in [2.05, 4.69) is 39.3 Å². The van der Waals surface area contributed by atoms with Gasteiger partial charge in [-0.1, -0.05) is 25.0 Å². The molecule has 0 bridgehead atoms. The van der Waals surface area contributed by atoms with Crippen LogP contribution in [-0.2, 0) is 13.6 Å². The van der Waals surface area contributed by atoms with Crippen LogP contribution in [-0.4, -0.2) is 31.7 Å². The zero-order valence-corrected chi connectivity index (χ0v) is 11.0. The van der Waals surface area contributed by atoms with Crippen LogP contribution in [0.3, 0.4) is 0 Å². The summed E-state index contributed by atoms with van der Waals surface area (Å²) in [5.41, 5.74) is 1.01. The highest BCUT2D eigenvalue weighted by Crippen LogP contribution is 2.13. The number of anilines is 1. The van der Waals surface area contributed by atoms with Crippen LogP contribution in [0.5, 0.6) is 0 Å². The smallest absolute Gasteiger partial charge is 0.245 e. The fourth-order valence-corrected chi connectivity index (χ4v) is 1.84. The Balaban J connectivity index is 2.18. The van der Waals surface area contributed by atoms with E-state index in [0.29, 0.717) is 12.5 Å². The van der Waals surface area contributed by atoms with E-state index >= 15 is 0 Å². The molecule has 0 N–H and O–H groups in total. The summed E-state index contributed by atoms with van der Waals surface area (Å²) in [6.45, 7) is 5.96. The first-order valence-electron chi connectivity index (χ1n) is 6.04. The van der Waals surface area contributed by atoms with Gasteiger partial charge in [0.2, 0.25) is 5.95 Å². The van der Waals surface area contributed by atoms with Crippen LogP contribution in [0.4, 0.5) is 5.95 Å². The van der Waals surface area contributed by atoms with Gasteiger partial charge < -0.3 is 4.90 Å². The number of hydrogen-bond acceptors (Lipinski definition) is 5. The van der Waals surface area contributed by atoms with Gasteiger partial charge in [0.25, 0.3) is 0 Å². The second kappa shape index (κ2) is 5.57. The molecule has 0 fully saturated rings. The Morgan fingerprint density at radius 3 is 2.72 bits per heavy atom. The lowest BCUT2D eigenvalue weighted by Gasteiger charge is -2.23. The molecule has 0 spiro atoms. The highest BCUT2D eigenvalue weighted by Gasteiger charge is 2.15. The Hall–Kier alpha value is -1.98. The number of hydrogen-bond donors (Lipinski definition) is 0. The van der Waals surface area contributed by atoms with Gasteiger partial charge >= 0.3 is 0 Å².